The zero-order valence-corrected chi connectivity index (χ0v) is 17.2. The monoisotopic (exact) mass is 388 g/mol. The lowest BCUT2D eigenvalue weighted by Gasteiger charge is -2.35. The van der Waals surface area contributed by atoms with Gasteiger partial charge in [0.1, 0.15) is 5.75 Å². The summed E-state index contributed by atoms with van der Waals surface area (Å²) in [5.41, 5.74) is 2.41. The quantitative estimate of drug-likeness (QED) is 0.836. The Balaban J connectivity index is 1.46. The maximum Gasteiger partial charge on any atom is 0.317 e. The number of hydrogen-bond donors (Lipinski definition) is 1. The fourth-order valence-corrected chi connectivity index (χ4v) is 3.98. The third-order valence-electron chi connectivity index (χ3n) is 5.66. The van der Waals surface area contributed by atoms with Crippen LogP contribution in [0.4, 0.5) is 4.79 Å². The van der Waals surface area contributed by atoms with Crippen molar-refractivity contribution in [3.63, 3.8) is 0 Å². The van der Waals surface area contributed by atoms with Gasteiger partial charge in [-0.15, -0.1) is 0 Å². The number of ether oxygens (including phenoxy) is 1. The van der Waals surface area contributed by atoms with Crippen LogP contribution in [0.3, 0.4) is 0 Å². The first kappa shape index (κ1) is 20.5. The van der Waals surface area contributed by atoms with Gasteiger partial charge in [-0.05, 0) is 19.4 Å². The molecule has 7 heteroatoms. The van der Waals surface area contributed by atoms with Gasteiger partial charge in [0.25, 0.3) is 0 Å². The van der Waals surface area contributed by atoms with Gasteiger partial charge in [0.2, 0.25) is 5.91 Å². The van der Waals surface area contributed by atoms with Crippen molar-refractivity contribution in [2.45, 2.75) is 39.3 Å². The molecule has 0 aliphatic carbocycles. The molecule has 154 valence electrons. The lowest BCUT2D eigenvalue weighted by molar-refractivity contribution is -0.129. The molecule has 1 atom stereocenters. The van der Waals surface area contributed by atoms with E-state index in [-0.39, 0.29) is 18.0 Å². The second kappa shape index (κ2) is 9.28. The summed E-state index contributed by atoms with van der Waals surface area (Å²) in [6.07, 6.45) is 1.36. The Bertz CT molecular complexity index is 701. The molecule has 2 aliphatic heterocycles. The Morgan fingerprint density at radius 2 is 1.89 bits per heavy atom. The first-order valence-corrected chi connectivity index (χ1v) is 10.2. The third kappa shape index (κ3) is 4.95. The molecule has 2 fully saturated rings. The molecule has 3 rings (SSSR count). The zero-order chi connectivity index (χ0) is 20.1. The Labute approximate surface area is 167 Å². The number of carbonyl (C=O) groups excluding carboxylic acids is 2. The van der Waals surface area contributed by atoms with Crippen LogP contribution in [0.25, 0.3) is 0 Å². The number of urea groups is 1. The van der Waals surface area contributed by atoms with E-state index in [1.807, 2.05) is 22.8 Å². The topological polar surface area (TPSA) is 65.1 Å². The number of hydrogen-bond acceptors (Lipinski definition) is 4. The molecule has 1 aromatic carbocycles. The van der Waals surface area contributed by atoms with Crippen LogP contribution in [0.5, 0.6) is 5.75 Å². The van der Waals surface area contributed by atoms with Gasteiger partial charge < -0.3 is 19.9 Å². The number of piperazine rings is 1. The van der Waals surface area contributed by atoms with Crippen LogP contribution in [-0.2, 0) is 11.3 Å². The van der Waals surface area contributed by atoms with Crippen LogP contribution in [0.1, 0.15) is 30.9 Å². The van der Waals surface area contributed by atoms with Crippen LogP contribution in [0.15, 0.2) is 18.2 Å². The molecule has 2 heterocycles. The van der Waals surface area contributed by atoms with E-state index in [0.717, 1.165) is 38.3 Å². The molecule has 1 unspecified atom stereocenters. The normalized spacial score (nSPS) is 20.3. The van der Waals surface area contributed by atoms with E-state index >= 15 is 0 Å². The summed E-state index contributed by atoms with van der Waals surface area (Å²) in [6.45, 7) is 9.27. The van der Waals surface area contributed by atoms with Gasteiger partial charge in [-0.25, -0.2) is 4.79 Å². The first-order chi connectivity index (χ1) is 13.5. The van der Waals surface area contributed by atoms with Crippen LogP contribution < -0.4 is 10.1 Å². The Morgan fingerprint density at radius 1 is 1.14 bits per heavy atom. The van der Waals surface area contributed by atoms with Crippen molar-refractivity contribution in [1.29, 1.82) is 0 Å². The maximum atomic E-state index is 12.6. The number of methoxy groups -OCH3 is 1. The molecular weight excluding hydrogens is 356 g/mol. The average Bonchev–Trinajstić information content (AvgIpc) is 3.16. The second-order valence-corrected chi connectivity index (χ2v) is 7.71. The van der Waals surface area contributed by atoms with Gasteiger partial charge in [0.15, 0.2) is 0 Å². The van der Waals surface area contributed by atoms with Gasteiger partial charge in [-0.3, -0.25) is 9.69 Å². The summed E-state index contributed by atoms with van der Waals surface area (Å²) < 4.78 is 5.48. The highest BCUT2D eigenvalue weighted by atomic mass is 16.5. The van der Waals surface area contributed by atoms with E-state index in [9.17, 15) is 9.59 Å². The number of likely N-dealkylation sites (tertiary alicyclic amines) is 1. The van der Waals surface area contributed by atoms with Crippen LogP contribution in [0.2, 0.25) is 0 Å². The van der Waals surface area contributed by atoms with Crippen molar-refractivity contribution in [2.24, 2.45) is 0 Å². The molecule has 0 saturated carbocycles. The number of nitrogens with one attached hydrogen (secondary N) is 1. The van der Waals surface area contributed by atoms with Crippen LogP contribution in [-0.4, -0.2) is 79.1 Å². The average molecular weight is 389 g/mol. The summed E-state index contributed by atoms with van der Waals surface area (Å²) in [4.78, 5) is 30.5. The minimum absolute atomic E-state index is 0.0106. The molecule has 3 amide bonds. The molecule has 0 spiro atoms. The van der Waals surface area contributed by atoms with Crippen molar-refractivity contribution in [1.82, 2.24) is 20.0 Å². The van der Waals surface area contributed by atoms with Gasteiger partial charge in [0.05, 0.1) is 7.11 Å². The minimum Gasteiger partial charge on any atom is -0.496 e. The summed E-state index contributed by atoms with van der Waals surface area (Å²) >= 11 is 0. The highest BCUT2D eigenvalue weighted by Crippen LogP contribution is 2.22. The number of amides is 3. The standard InChI is InChI=1S/C21H32N4O3/c1-4-20(26)25-8-7-18(15-25)22-21(27)24-11-9-23(10-12-24)14-17-13-16(2)5-6-19(17)28-3/h5-6,13,18H,4,7-12,14-15H2,1-3H3,(H,22,27). The Morgan fingerprint density at radius 3 is 2.57 bits per heavy atom. The Kier molecular flexibility index (Phi) is 6.78. The summed E-state index contributed by atoms with van der Waals surface area (Å²) in [5.74, 6) is 1.08. The van der Waals surface area contributed by atoms with Crippen molar-refractivity contribution >= 4 is 11.9 Å². The highest BCUT2D eigenvalue weighted by Gasteiger charge is 2.29. The highest BCUT2D eigenvalue weighted by molar-refractivity contribution is 5.77. The molecule has 1 N–H and O–H groups in total. The molecule has 0 radical (unpaired) electrons. The molecular formula is C21H32N4O3. The second-order valence-electron chi connectivity index (χ2n) is 7.71. The molecule has 7 nitrogen and oxygen atoms in total. The number of aryl methyl sites for hydroxylation is 1. The van der Waals surface area contributed by atoms with Crippen molar-refractivity contribution in [3.8, 4) is 5.75 Å². The van der Waals surface area contributed by atoms with Crippen LogP contribution in [0, 0.1) is 6.92 Å². The predicted molar refractivity (Wildman–Crippen MR) is 108 cm³/mol. The lowest BCUT2D eigenvalue weighted by atomic mass is 10.1. The van der Waals surface area contributed by atoms with Gasteiger partial charge in [0, 0.05) is 63.8 Å². The van der Waals surface area contributed by atoms with Crippen molar-refractivity contribution < 1.29 is 14.3 Å². The first-order valence-electron chi connectivity index (χ1n) is 10.2. The molecule has 2 saturated heterocycles. The molecule has 0 bridgehead atoms. The maximum absolute atomic E-state index is 12.6. The van der Waals surface area contributed by atoms with E-state index in [0.29, 0.717) is 26.1 Å². The fourth-order valence-electron chi connectivity index (χ4n) is 3.98. The third-order valence-corrected chi connectivity index (χ3v) is 5.66. The molecule has 1 aromatic rings. The van der Waals surface area contributed by atoms with Crippen LogP contribution >= 0.6 is 0 Å². The van der Waals surface area contributed by atoms with Gasteiger partial charge in [-0.1, -0.05) is 24.6 Å². The molecule has 0 aromatic heterocycles. The minimum atomic E-state index is -0.0106. The van der Waals surface area contributed by atoms with E-state index in [2.05, 4.69) is 29.3 Å². The number of nitrogens with zero attached hydrogens (tertiary/aromatic N) is 3. The van der Waals surface area contributed by atoms with Gasteiger partial charge in [-0.2, -0.15) is 0 Å². The zero-order valence-electron chi connectivity index (χ0n) is 17.2. The lowest BCUT2D eigenvalue weighted by Crippen LogP contribution is -2.53. The largest absolute Gasteiger partial charge is 0.496 e. The molecule has 28 heavy (non-hydrogen) atoms. The van der Waals surface area contributed by atoms with Gasteiger partial charge >= 0.3 is 6.03 Å². The number of benzene rings is 1. The molecule has 2 aliphatic rings. The summed E-state index contributed by atoms with van der Waals surface area (Å²) in [5, 5.41) is 3.10. The van der Waals surface area contributed by atoms with Crippen molar-refractivity contribution in [2.75, 3.05) is 46.4 Å². The number of rotatable bonds is 5. The van der Waals surface area contributed by atoms with E-state index in [4.69, 9.17) is 4.74 Å². The smallest absolute Gasteiger partial charge is 0.317 e. The Hall–Kier alpha value is -2.28. The fraction of sp³-hybridized carbons (Fsp3) is 0.619. The summed E-state index contributed by atoms with van der Waals surface area (Å²) in [7, 11) is 1.70. The predicted octanol–water partition coefficient (Wildman–Crippen LogP) is 1.84. The SMILES string of the molecule is CCC(=O)N1CCC(NC(=O)N2CCN(Cc3cc(C)ccc3OC)CC2)C1. The van der Waals surface area contributed by atoms with Crippen molar-refractivity contribution in [3.05, 3.63) is 29.3 Å². The van der Waals surface area contributed by atoms with E-state index in [1.54, 1.807) is 7.11 Å². The van der Waals surface area contributed by atoms with E-state index in [1.165, 1.54) is 11.1 Å². The number of carbonyl (C=O) groups is 2. The van der Waals surface area contributed by atoms with E-state index < -0.39 is 0 Å². The summed E-state index contributed by atoms with van der Waals surface area (Å²) in [6, 6.07) is 6.30.